The van der Waals surface area contributed by atoms with Crippen molar-refractivity contribution in [3.05, 3.63) is 21.9 Å². The van der Waals surface area contributed by atoms with Gasteiger partial charge in [-0.1, -0.05) is 6.42 Å². The molecule has 88 valence electrons. The highest BCUT2D eigenvalue weighted by Gasteiger charge is 2.25. The monoisotopic (exact) mass is 239 g/mol. The maximum absolute atomic E-state index is 11.6. The molecule has 0 radical (unpaired) electrons. The molecule has 0 aromatic carbocycles. The number of carbonyl (C=O) groups is 1. The molecule has 0 aliphatic heterocycles. The van der Waals surface area contributed by atoms with Crippen molar-refractivity contribution in [2.45, 2.75) is 32.3 Å². The number of aliphatic hydroxyl groups excluding tert-OH is 1. The zero-order valence-corrected chi connectivity index (χ0v) is 10.2. The molecule has 1 atom stereocenters. The van der Waals surface area contributed by atoms with Gasteiger partial charge in [-0.3, -0.25) is 4.79 Å². The van der Waals surface area contributed by atoms with E-state index in [-0.39, 0.29) is 11.8 Å². The predicted molar refractivity (Wildman–Crippen MR) is 64.4 cm³/mol. The minimum atomic E-state index is -0.566. The minimum absolute atomic E-state index is 0.0968. The van der Waals surface area contributed by atoms with E-state index in [2.05, 4.69) is 5.32 Å². The second kappa shape index (κ2) is 4.97. The zero-order chi connectivity index (χ0) is 11.5. The van der Waals surface area contributed by atoms with Gasteiger partial charge in [0.1, 0.15) is 6.10 Å². The summed E-state index contributed by atoms with van der Waals surface area (Å²) in [7, 11) is 0. The summed E-state index contributed by atoms with van der Waals surface area (Å²) in [5.41, 5.74) is 1.09. The third-order valence-corrected chi connectivity index (χ3v) is 4.27. The van der Waals surface area contributed by atoms with E-state index in [4.69, 9.17) is 0 Å². The van der Waals surface area contributed by atoms with Gasteiger partial charge in [0, 0.05) is 17.3 Å². The van der Waals surface area contributed by atoms with Crippen LogP contribution in [0.3, 0.4) is 0 Å². The third kappa shape index (κ3) is 2.44. The van der Waals surface area contributed by atoms with Crippen molar-refractivity contribution in [1.82, 2.24) is 5.32 Å². The van der Waals surface area contributed by atoms with Crippen molar-refractivity contribution in [1.29, 1.82) is 0 Å². The van der Waals surface area contributed by atoms with E-state index in [1.165, 1.54) is 11.3 Å². The van der Waals surface area contributed by atoms with Gasteiger partial charge in [0.15, 0.2) is 0 Å². The summed E-state index contributed by atoms with van der Waals surface area (Å²) >= 11 is 1.54. The van der Waals surface area contributed by atoms with E-state index in [1.807, 2.05) is 18.4 Å². The van der Waals surface area contributed by atoms with Crippen molar-refractivity contribution in [3.63, 3.8) is 0 Å². The molecule has 1 aliphatic rings. The molecule has 1 aromatic heterocycles. The first-order chi connectivity index (χ1) is 7.68. The lowest BCUT2D eigenvalue weighted by molar-refractivity contribution is -0.127. The van der Waals surface area contributed by atoms with Crippen LogP contribution in [0, 0.1) is 12.8 Å². The number of rotatable bonds is 4. The zero-order valence-electron chi connectivity index (χ0n) is 9.40. The summed E-state index contributed by atoms with van der Waals surface area (Å²) in [5.74, 6) is 0.288. The number of aryl methyl sites for hydroxylation is 1. The summed E-state index contributed by atoms with van der Waals surface area (Å²) in [5, 5.41) is 14.7. The van der Waals surface area contributed by atoms with Crippen molar-refractivity contribution >= 4 is 17.2 Å². The van der Waals surface area contributed by atoms with E-state index in [0.717, 1.165) is 29.7 Å². The summed E-state index contributed by atoms with van der Waals surface area (Å²) in [4.78, 5) is 12.5. The van der Waals surface area contributed by atoms with Crippen LogP contribution in [-0.2, 0) is 4.79 Å². The quantitative estimate of drug-likeness (QED) is 0.844. The maximum atomic E-state index is 11.6. The molecule has 16 heavy (non-hydrogen) atoms. The van der Waals surface area contributed by atoms with Crippen molar-refractivity contribution in [3.8, 4) is 0 Å². The molecule has 2 rings (SSSR count). The second-order valence-electron chi connectivity index (χ2n) is 4.36. The number of aliphatic hydroxyl groups is 1. The molecule has 1 heterocycles. The smallest absolute Gasteiger partial charge is 0.223 e. The van der Waals surface area contributed by atoms with Gasteiger partial charge in [-0.05, 0) is 36.8 Å². The van der Waals surface area contributed by atoms with Gasteiger partial charge < -0.3 is 10.4 Å². The van der Waals surface area contributed by atoms with Crippen LogP contribution < -0.4 is 5.32 Å². The van der Waals surface area contributed by atoms with Crippen molar-refractivity contribution < 1.29 is 9.90 Å². The average Bonchev–Trinajstić information content (AvgIpc) is 2.58. The summed E-state index contributed by atoms with van der Waals surface area (Å²) < 4.78 is 0. The first-order valence-electron chi connectivity index (χ1n) is 5.68. The van der Waals surface area contributed by atoms with E-state index < -0.39 is 6.10 Å². The number of nitrogens with one attached hydrogen (secondary N) is 1. The molecular formula is C12H17NO2S. The topological polar surface area (TPSA) is 49.3 Å². The SMILES string of the molecule is Cc1ccsc1[C@@H](O)CNC(=O)C1CCC1. The van der Waals surface area contributed by atoms with E-state index in [1.54, 1.807) is 0 Å². The molecule has 2 N–H and O–H groups in total. The number of thiophene rings is 1. The number of amides is 1. The van der Waals surface area contributed by atoms with Gasteiger partial charge >= 0.3 is 0 Å². The summed E-state index contributed by atoms with van der Waals surface area (Å²) in [6.07, 6.45) is 2.59. The second-order valence-corrected chi connectivity index (χ2v) is 5.30. The van der Waals surface area contributed by atoms with Gasteiger partial charge in [0.25, 0.3) is 0 Å². The van der Waals surface area contributed by atoms with Crippen molar-refractivity contribution in [2.24, 2.45) is 5.92 Å². The van der Waals surface area contributed by atoms with Gasteiger partial charge in [-0.15, -0.1) is 11.3 Å². The molecule has 1 aromatic rings. The predicted octanol–water partition coefficient (Wildman–Crippen LogP) is 2.01. The van der Waals surface area contributed by atoms with Gasteiger partial charge in [-0.25, -0.2) is 0 Å². The lowest BCUT2D eigenvalue weighted by Gasteiger charge is -2.24. The van der Waals surface area contributed by atoms with E-state index >= 15 is 0 Å². The van der Waals surface area contributed by atoms with Crippen LogP contribution in [0.25, 0.3) is 0 Å². The standard InChI is InChI=1S/C12H17NO2S/c1-8-5-6-16-11(8)10(14)7-13-12(15)9-3-2-4-9/h5-6,9-10,14H,2-4,7H2,1H3,(H,13,15)/t10-/m0/s1. The average molecular weight is 239 g/mol. The number of hydrogen-bond acceptors (Lipinski definition) is 3. The van der Waals surface area contributed by atoms with Crippen LogP contribution in [0.2, 0.25) is 0 Å². The summed E-state index contributed by atoms with van der Waals surface area (Å²) in [6, 6.07) is 1.98. The Hall–Kier alpha value is -0.870. The molecular weight excluding hydrogens is 222 g/mol. The van der Waals surface area contributed by atoms with Crippen LogP contribution in [0.1, 0.15) is 35.8 Å². The fourth-order valence-corrected chi connectivity index (χ4v) is 2.74. The normalized spacial score (nSPS) is 17.9. The molecule has 0 spiro atoms. The minimum Gasteiger partial charge on any atom is -0.386 e. The van der Waals surface area contributed by atoms with Crippen LogP contribution in [-0.4, -0.2) is 17.6 Å². The Labute approximate surface area is 99.5 Å². The Morgan fingerprint density at radius 3 is 2.94 bits per heavy atom. The molecule has 1 amide bonds. The van der Waals surface area contributed by atoms with Gasteiger partial charge in [0.2, 0.25) is 5.91 Å². The highest BCUT2D eigenvalue weighted by atomic mass is 32.1. The lowest BCUT2D eigenvalue weighted by Crippen LogP contribution is -2.36. The molecule has 4 heteroatoms. The highest BCUT2D eigenvalue weighted by molar-refractivity contribution is 7.10. The van der Waals surface area contributed by atoms with Crippen LogP contribution in [0.4, 0.5) is 0 Å². The van der Waals surface area contributed by atoms with E-state index in [9.17, 15) is 9.90 Å². The Balaban J connectivity index is 1.81. The maximum Gasteiger partial charge on any atom is 0.223 e. The molecule has 1 saturated carbocycles. The molecule has 0 bridgehead atoms. The third-order valence-electron chi connectivity index (χ3n) is 3.15. The molecule has 3 nitrogen and oxygen atoms in total. The molecule has 0 saturated heterocycles. The first kappa shape index (κ1) is 11.6. The number of hydrogen-bond donors (Lipinski definition) is 2. The Morgan fingerprint density at radius 2 is 2.44 bits per heavy atom. The Bertz CT molecular complexity index is 371. The lowest BCUT2D eigenvalue weighted by atomic mass is 9.85. The van der Waals surface area contributed by atoms with Crippen LogP contribution in [0.15, 0.2) is 11.4 Å². The fourth-order valence-electron chi connectivity index (χ4n) is 1.83. The Morgan fingerprint density at radius 1 is 1.69 bits per heavy atom. The van der Waals surface area contributed by atoms with Crippen LogP contribution >= 0.6 is 11.3 Å². The number of carbonyl (C=O) groups excluding carboxylic acids is 1. The van der Waals surface area contributed by atoms with Gasteiger partial charge in [-0.2, -0.15) is 0 Å². The highest BCUT2D eigenvalue weighted by Crippen LogP contribution is 2.27. The molecule has 0 unspecified atom stereocenters. The first-order valence-corrected chi connectivity index (χ1v) is 6.56. The van der Waals surface area contributed by atoms with Crippen molar-refractivity contribution in [2.75, 3.05) is 6.54 Å². The van der Waals surface area contributed by atoms with Gasteiger partial charge in [0.05, 0.1) is 0 Å². The summed E-state index contributed by atoms with van der Waals surface area (Å²) in [6.45, 7) is 2.31. The fraction of sp³-hybridized carbons (Fsp3) is 0.583. The molecule has 1 fully saturated rings. The Kier molecular flexibility index (Phi) is 3.61. The largest absolute Gasteiger partial charge is 0.386 e. The van der Waals surface area contributed by atoms with Crippen LogP contribution in [0.5, 0.6) is 0 Å². The van der Waals surface area contributed by atoms with E-state index in [0.29, 0.717) is 6.54 Å². The molecule has 1 aliphatic carbocycles.